The predicted octanol–water partition coefficient (Wildman–Crippen LogP) is 3.86. The monoisotopic (exact) mass is 477 g/mol. The summed E-state index contributed by atoms with van der Waals surface area (Å²) in [4.78, 5) is 47.8. The topological polar surface area (TPSA) is 112 Å². The standard InChI is InChI=1S/C25H19NO7S/c1-15-11-23(28)33-20-12-18(8-9-19(15)20)31-13-16-4-6-17(7-5-16)25(30)32-14-22(27)26-24(29)21-3-2-10-34-21/h2-12H,13-14H2,1H3,(H,26,27,29). The molecule has 9 heteroatoms. The molecule has 0 fully saturated rings. The highest BCUT2D eigenvalue weighted by Crippen LogP contribution is 2.23. The summed E-state index contributed by atoms with van der Waals surface area (Å²) >= 11 is 1.20. The highest BCUT2D eigenvalue weighted by Gasteiger charge is 2.14. The van der Waals surface area contributed by atoms with Gasteiger partial charge in [0.25, 0.3) is 11.8 Å². The molecule has 34 heavy (non-hydrogen) atoms. The summed E-state index contributed by atoms with van der Waals surface area (Å²) in [6, 6.07) is 16.5. The number of benzene rings is 2. The molecule has 2 aromatic carbocycles. The van der Waals surface area contributed by atoms with Crippen molar-refractivity contribution < 1.29 is 28.3 Å². The van der Waals surface area contributed by atoms with Gasteiger partial charge < -0.3 is 13.9 Å². The van der Waals surface area contributed by atoms with E-state index in [0.29, 0.717) is 16.2 Å². The number of hydrogen-bond donors (Lipinski definition) is 1. The molecule has 0 aliphatic heterocycles. The van der Waals surface area contributed by atoms with Crippen LogP contribution in [0.2, 0.25) is 0 Å². The van der Waals surface area contributed by atoms with Crippen LogP contribution in [0.5, 0.6) is 5.75 Å². The number of nitrogens with one attached hydrogen (secondary N) is 1. The van der Waals surface area contributed by atoms with Crippen molar-refractivity contribution in [1.82, 2.24) is 5.32 Å². The number of amides is 2. The Hall–Kier alpha value is -4.24. The van der Waals surface area contributed by atoms with E-state index in [4.69, 9.17) is 13.9 Å². The minimum Gasteiger partial charge on any atom is -0.489 e. The van der Waals surface area contributed by atoms with Crippen molar-refractivity contribution in [2.75, 3.05) is 6.61 Å². The van der Waals surface area contributed by atoms with Crippen LogP contribution in [0.25, 0.3) is 11.0 Å². The molecule has 0 saturated heterocycles. The summed E-state index contributed by atoms with van der Waals surface area (Å²) in [6.07, 6.45) is 0. The van der Waals surface area contributed by atoms with Gasteiger partial charge in [0.2, 0.25) is 0 Å². The predicted molar refractivity (Wildman–Crippen MR) is 125 cm³/mol. The van der Waals surface area contributed by atoms with E-state index < -0.39 is 30.0 Å². The molecule has 172 valence electrons. The average molecular weight is 477 g/mol. The van der Waals surface area contributed by atoms with E-state index >= 15 is 0 Å². The first-order valence-corrected chi connectivity index (χ1v) is 11.1. The number of esters is 1. The van der Waals surface area contributed by atoms with Gasteiger partial charge in [-0.05, 0) is 53.8 Å². The molecule has 0 unspecified atom stereocenters. The zero-order valence-corrected chi connectivity index (χ0v) is 18.8. The number of fused-ring (bicyclic) bond motifs is 1. The fourth-order valence-corrected chi connectivity index (χ4v) is 3.76. The zero-order valence-electron chi connectivity index (χ0n) is 18.0. The maximum Gasteiger partial charge on any atom is 0.338 e. The summed E-state index contributed by atoms with van der Waals surface area (Å²) in [7, 11) is 0. The van der Waals surface area contributed by atoms with Crippen LogP contribution < -0.4 is 15.7 Å². The molecule has 0 bridgehead atoms. The maximum atomic E-state index is 12.2. The molecule has 4 aromatic rings. The van der Waals surface area contributed by atoms with Crippen LogP contribution in [0.4, 0.5) is 0 Å². The third kappa shape index (κ3) is 5.57. The SMILES string of the molecule is Cc1cc(=O)oc2cc(OCc3ccc(C(=O)OCC(=O)NC(=O)c4cccs4)cc3)ccc12. The Morgan fingerprint density at radius 3 is 2.56 bits per heavy atom. The third-order valence-electron chi connectivity index (χ3n) is 4.85. The van der Waals surface area contributed by atoms with Gasteiger partial charge in [0.05, 0.1) is 10.4 Å². The van der Waals surface area contributed by atoms with Crippen molar-refractivity contribution in [3.63, 3.8) is 0 Å². The Labute approximate surface area is 197 Å². The van der Waals surface area contributed by atoms with Crippen LogP contribution in [0, 0.1) is 6.92 Å². The minimum absolute atomic E-state index is 0.226. The smallest absolute Gasteiger partial charge is 0.338 e. The highest BCUT2D eigenvalue weighted by atomic mass is 32.1. The lowest BCUT2D eigenvalue weighted by molar-refractivity contribution is -0.123. The Kier molecular flexibility index (Phi) is 6.84. The second kappa shape index (κ2) is 10.1. The minimum atomic E-state index is -0.710. The van der Waals surface area contributed by atoms with Crippen molar-refractivity contribution >= 4 is 40.1 Å². The molecule has 0 spiro atoms. The van der Waals surface area contributed by atoms with Crippen molar-refractivity contribution in [3.05, 3.63) is 98.0 Å². The molecule has 0 aliphatic carbocycles. The Bertz CT molecular complexity index is 1410. The summed E-state index contributed by atoms with van der Waals surface area (Å²) in [5.74, 6) is -1.40. The summed E-state index contributed by atoms with van der Waals surface area (Å²) < 4.78 is 16.0. The maximum absolute atomic E-state index is 12.2. The quantitative estimate of drug-likeness (QED) is 0.318. The fourth-order valence-electron chi connectivity index (χ4n) is 3.15. The Balaban J connectivity index is 1.29. The van der Waals surface area contributed by atoms with Gasteiger partial charge in [-0.15, -0.1) is 11.3 Å². The van der Waals surface area contributed by atoms with Crippen LogP contribution in [-0.4, -0.2) is 24.4 Å². The number of aryl methyl sites for hydroxylation is 1. The highest BCUT2D eigenvalue weighted by molar-refractivity contribution is 7.12. The average Bonchev–Trinajstić information content (AvgIpc) is 3.36. The molecule has 1 N–H and O–H groups in total. The molecule has 4 rings (SSSR count). The Morgan fingerprint density at radius 2 is 1.82 bits per heavy atom. The summed E-state index contributed by atoms with van der Waals surface area (Å²) in [5, 5.41) is 4.71. The molecule has 8 nitrogen and oxygen atoms in total. The van der Waals surface area contributed by atoms with Crippen molar-refractivity contribution in [1.29, 1.82) is 0 Å². The van der Waals surface area contributed by atoms with E-state index in [1.165, 1.54) is 17.4 Å². The number of carbonyl (C=O) groups is 3. The molecule has 2 aromatic heterocycles. The van der Waals surface area contributed by atoms with Gasteiger partial charge in [-0.1, -0.05) is 18.2 Å². The summed E-state index contributed by atoms with van der Waals surface area (Å²) in [6.45, 7) is 1.49. The molecule has 0 atom stereocenters. The van der Waals surface area contributed by atoms with Gasteiger partial charge in [-0.3, -0.25) is 14.9 Å². The largest absolute Gasteiger partial charge is 0.489 e. The second-order valence-electron chi connectivity index (χ2n) is 7.32. The normalized spacial score (nSPS) is 10.6. The lowest BCUT2D eigenvalue weighted by Crippen LogP contribution is -2.33. The number of rotatable bonds is 7. The van der Waals surface area contributed by atoms with Gasteiger partial charge in [0, 0.05) is 17.5 Å². The van der Waals surface area contributed by atoms with E-state index in [2.05, 4.69) is 5.32 Å². The molecule has 2 heterocycles. The molecule has 2 amide bonds. The number of thiophene rings is 1. The van der Waals surface area contributed by atoms with Crippen LogP contribution in [-0.2, 0) is 16.1 Å². The number of imide groups is 1. The van der Waals surface area contributed by atoms with E-state index in [-0.39, 0.29) is 12.2 Å². The number of ether oxygens (including phenoxy) is 2. The Morgan fingerprint density at radius 1 is 1.03 bits per heavy atom. The molecular formula is C25H19NO7S. The fraction of sp³-hybridized carbons (Fsp3) is 0.120. The van der Waals surface area contributed by atoms with E-state index in [1.807, 2.05) is 13.0 Å². The van der Waals surface area contributed by atoms with Gasteiger partial charge in [-0.2, -0.15) is 0 Å². The van der Waals surface area contributed by atoms with Crippen LogP contribution >= 0.6 is 11.3 Å². The van der Waals surface area contributed by atoms with Crippen LogP contribution in [0.15, 0.2) is 75.3 Å². The second-order valence-corrected chi connectivity index (χ2v) is 8.27. The lowest BCUT2D eigenvalue weighted by Gasteiger charge is -2.09. The van der Waals surface area contributed by atoms with Gasteiger partial charge in [0.15, 0.2) is 6.61 Å². The first-order chi connectivity index (χ1) is 16.4. The van der Waals surface area contributed by atoms with Crippen molar-refractivity contribution in [2.24, 2.45) is 0 Å². The number of carbonyl (C=O) groups excluding carboxylic acids is 3. The van der Waals surface area contributed by atoms with Gasteiger partial charge >= 0.3 is 11.6 Å². The first-order valence-electron chi connectivity index (χ1n) is 10.2. The zero-order chi connectivity index (χ0) is 24.1. The molecule has 0 radical (unpaired) electrons. The lowest BCUT2D eigenvalue weighted by atomic mass is 10.1. The van der Waals surface area contributed by atoms with E-state index in [1.54, 1.807) is 53.9 Å². The number of hydrogen-bond acceptors (Lipinski definition) is 8. The van der Waals surface area contributed by atoms with Crippen LogP contribution in [0.1, 0.15) is 31.2 Å². The van der Waals surface area contributed by atoms with Crippen molar-refractivity contribution in [3.8, 4) is 5.75 Å². The molecular weight excluding hydrogens is 458 g/mol. The molecule has 0 saturated carbocycles. The van der Waals surface area contributed by atoms with Gasteiger partial charge in [0.1, 0.15) is 17.9 Å². The summed E-state index contributed by atoms with van der Waals surface area (Å²) in [5.41, 5.74) is 1.90. The first kappa shape index (κ1) is 22.9. The van der Waals surface area contributed by atoms with Gasteiger partial charge in [-0.25, -0.2) is 9.59 Å². The van der Waals surface area contributed by atoms with E-state index in [0.717, 1.165) is 16.5 Å². The third-order valence-corrected chi connectivity index (χ3v) is 5.72. The van der Waals surface area contributed by atoms with E-state index in [9.17, 15) is 19.2 Å². The molecule has 0 aliphatic rings. The van der Waals surface area contributed by atoms with Crippen molar-refractivity contribution in [2.45, 2.75) is 13.5 Å². The van der Waals surface area contributed by atoms with Crippen LogP contribution in [0.3, 0.4) is 0 Å².